The normalized spacial score (nSPS) is 11.4. The summed E-state index contributed by atoms with van der Waals surface area (Å²) in [5.74, 6) is 0. The molecule has 0 saturated carbocycles. The molecule has 1 aromatic heterocycles. The number of hydrogen-bond donors (Lipinski definition) is 0. The standard InChI is InChI=1S/C17H33N2/c1-4-6-8-10-12-17(13-11-9-7-5-2)19-15-14-18(3)16-19/h14-17H,4-13H2,1-3H3/q+1. The van der Waals surface area contributed by atoms with Crippen LogP contribution >= 0.6 is 0 Å². The lowest BCUT2D eigenvalue weighted by atomic mass is 10.0. The molecule has 0 N–H and O–H groups in total. The maximum atomic E-state index is 2.43. The Balaban J connectivity index is 2.38. The van der Waals surface area contributed by atoms with Crippen LogP contribution in [0.2, 0.25) is 0 Å². The van der Waals surface area contributed by atoms with Gasteiger partial charge in [-0.3, -0.25) is 0 Å². The Hall–Kier alpha value is -0.790. The summed E-state index contributed by atoms with van der Waals surface area (Å²) in [6, 6.07) is 0.718. The molecule has 0 radical (unpaired) electrons. The van der Waals surface area contributed by atoms with E-state index in [2.05, 4.69) is 48.8 Å². The Morgan fingerprint density at radius 3 is 1.89 bits per heavy atom. The van der Waals surface area contributed by atoms with E-state index < -0.39 is 0 Å². The zero-order valence-corrected chi connectivity index (χ0v) is 13.3. The van der Waals surface area contributed by atoms with Crippen molar-refractivity contribution in [2.24, 2.45) is 7.05 Å². The minimum absolute atomic E-state index is 0.718. The molecule has 0 aliphatic rings. The van der Waals surface area contributed by atoms with Crippen molar-refractivity contribution in [2.45, 2.75) is 84.1 Å². The zero-order valence-electron chi connectivity index (χ0n) is 13.3. The van der Waals surface area contributed by atoms with E-state index in [0.717, 1.165) is 6.04 Å². The predicted molar refractivity (Wildman–Crippen MR) is 82.2 cm³/mol. The van der Waals surface area contributed by atoms with Crippen molar-refractivity contribution in [2.75, 3.05) is 0 Å². The largest absolute Gasteiger partial charge is 0.243 e. The molecule has 110 valence electrons. The van der Waals surface area contributed by atoms with Gasteiger partial charge >= 0.3 is 0 Å². The summed E-state index contributed by atoms with van der Waals surface area (Å²) in [7, 11) is 2.11. The first-order valence-electron chi connectivity index (χ1n) is 8.30. The third kappa shape index (κ3) is 6.79. The number of rotatable bonds is 11. The van der Waals surface area contributed by atoms with E-state index in [-0.39, 0.29) is 0 Å². The molecule has 0 atom stereocenters. The highest BCUT2D eigenvalue weighted by atomic mass is 15.1. The summed E-state index contributed by atoms with van der Waals surface area (Å²) in [4.78, 5) is 0. The van der Waals surface area contributed by atoms with Gasteiger partial charge in [-0.05, 0) is 25.7 Å². The van der Waals surface area contributed by atoms with Crippen LogP contribution in [0.1, 0.15) is 84.1 Å². The molecule has 0 unspecified atom stereocenters. The second kappa shape index (κ2) is 10.1. The van der Waals surface area contributed by atoms with Crippen LogP contribution in [0.15, 0.2) is 18.7 Å². The van der Waals surface area contributed by atoms with Gasteiger partial charge in [-0.25, -0.2) is 9.13 Å². The molecular weight excluding hydrogens is 232 g/mol. The third-order valence-electron chi connectivity index (χ3n) is 3.99. The second-order valence-electron chi connectivity index (χ2n) is 5.88. The van der Waals surface area contributed by atoms with Crippen molar-refractivity contribution in [1.29, 1.82) is 0 Å². The number of aromatic nitrogens is 2. The summed E-state index contributed by atoms with van der Waals surface area (Å²) >= 11 is 0. The van der Waals surface area contributed by atoms with Crippen LogP contribution in [-0.2, 0) is 7.05 Å². The average molecular weight is 265 g/mol. The quantitative estimate of drug-likeness (QED) is 0.401. The molecule has 2 nitrogen and oxygen atoms in total. The van der Waals surface area contributed by atoms with Crippen LogP contribution in [0.3, 0.4) is 0 Å². The molecule has 0 fully saturated rings. The highest BCUT2D eigenvalue weighted by Gasteiger charge is 2.15. The molecule has 19 heavy (non-hydrogen) atoms. The van der Waals surface area contributed by atoms with E-state index in [1.54, 1.807) is 0 Å². The van der Waals surface area contributed by atoms with Gasteiger partial charge < -0.3 is 0 Å². The average Bonchev–Trinajstić information content (AvgIpc) is 2.83. The molecule has 0 aliphatic heterocycles. The Morgan fingerprint density at radius 2 is 1.47 bits per heavy atom. The second-order valence-corrected chi connectivity index (χ2v) is 5.88. The monoisotopic (exact) mass is 265 g/mol. The first kappa shape index (κ1) is 16.3. The van der Waals surface area contributed by atoms with Gasteiger partial charge in [0.15, 0.2) is 0 Å². The Bertz CT molecular complexity index is 305. The van der Waals surface area contributed by atoms with E-state index in [1.807, 2.05) is 0 Å². The van der Waals surface area contributed by atoms with E-state index in [0.29, 0.717) is 0 Å². The molecule has 1 rings (SSSR count). The lowest BCUT2D eigenvalue weighted by Crippen LogP contribution is -2.37. The minimum Gasteiger partial charge on any atom is -0.240 e. The summed E-state index contributed by atoms with van der Waals surface area (Å²) in [6.45, 7) is 4.57. The SMILES string of the molecule is CCCCCCC(CCCCCC)[n+]1ccn(C)c1. The fourth-order valence-corrected chi connectivity index (χ4v) is 2.74. The molecule has 1 aromatic rings. The van der Waals surface area contributed by atoms with Crippen molar-refractivity contribution in [1.82, 2.24) is 4.57 Å². The van der Waals surface area contributed by atoms with Crippen molar-refractivity contribution in [3.63, 3.8) is 0 Å². The molecule has 2 heteroatoms. The maximum Gasteiger partial charge on any atom is 0.243 e. The van der Waals surface area contributed by atoms with Crippen LogP contribution < -0.4 is 4.57 Å². The number of nitrogens with zero attached hydrogens (tertiary/aromatic N) is 2. The fourth-order valence-electron chi connectivity index (χ4n) is 2.74. The molecule has 0 aliphatic carbocycles. The zero-order chi connectivity index (χ0) is 13.9. The lowest BCUT2D eigenvalue weighted by Gasteiger charge is -2.13. The van der Waals surface area contributed by atoms with Crippen molar-refractivity contribution >= 4 is 0 Å². The van der Waals surface area contributed by atoms with Crippen LogP contribution in [0.4, 0.5) is 0 Å². The number of hydrogen-bond acceptors (Lipinski definition) is 0. The molecule has 0 saturated heterocycles. The first-order valence-corrected chi connectivity index (χ1v) is 8.30. The predicted octanol–water partition coefficient (Wildman–Crippen LogP) is 4.79. The fraction of sp³-hybridized carbons (Fsp3) is 0.824. The van der Waals surface area contributed by atoms with Crippen LogP contribution in [-0.4, -0.2) is 4.57 Å². The maximum absolute atomic E-state index is 2.43. The van der Waals surface area contributed by atoms with Gasteiger partial charge in [0.2, 0.25) is 6.33 Å². The number of imidazole rings is 1. The van der Waals surface area contributed by atoms with Crippen LogP contribution in [0.5, 0.6) is 0 Å². The third-order valence-corrected chi connectivity index (χ3v) is 3.99. The van der Waals surface area contributed by atoms with E-state index >= 15 is 0 Å². The molecule has 0 spiro atoms. The molecule has 0 amide bonds. The summed E-state index contributed by atoms with van der Waals surface area (Å²) in [5, 5.41) is 0. The highest BCUT2D eigenvalue weighted by Crippen LogP contribution is 2.18. The highest BCUT2D eigenvalue weighted by molar-refractivity contribution is 4.65. The molecule has 1 heterocycles. The smallest absolute Gasteiger partial charge is 0.240 e. The van der Waals surface area contributed by atoms with Crippen LogP contribution in [0.25, 0.3) is 0 Å². The Labute approximate surface area is 119 Å². The lowest BCUT2D eigenvalue weighted by molar-refractivity contribution is -0.724. The van der Waals surface area contributed by atoms with Gasteiger partial charge in [0.05, 0.1) is 7.05 Å². The van der Waals surface area contributed by atoms with Crippen LogP contribution in [0, 0.1) is 0 Å². The van der Waals surface area contributed by atoms with Gasteiger partial charge in [0.1, 0.15) is 18.4 Å². The minimum atomic E-state index is 0.718. The van der Waals surface area contributed by atoms with Crippen molar-refractivity contribution in [3.05, 3.63) is 18.7 Å². The Morgan fingerprint density at radius 1 is 0.895 bits per heavy atom. The Kier molecular flexibility index (Phi) is 8.61. The number of aryl methyl sites for hydroxylation is 1. The van der Waals surface area contributed by atoms with Crippen molar-refractivity contribution in [3.8, 4) is 0 Å². The van der Waals surface area contributed by atoms with Crippen molar-refractivity contribution < 1.29 is 4.57 Å². The van der Waals surface area contributed by atoms with E-state index in [1.165, 1.54) is 64.2 Å². The molecule has 0 aromatic carbocycles. The van der Waals surface area contributed by atoms with Gasteiger partial charge in [-0.2, -0.15) is 0 Å². The summed E-state index contributed by atoms with van der Waals surface area (Å²) in [6.07, 6.45) is 20.3. The summed E-state index contributed by atoms with van der Waals surface area (Å²) in [5.41, 5.74) is 0. The van der Waals surface area contributed by atoms with E-state index in [4.69, 9.17) is 0 Å². The van der Waals surface area contributed by atoms with Gasteiger partial charge in [0.25, 0.3) is 0 Å². The topological polar surface area (TPSA) is 8.81 Å². The van der Waals surface area contributed by atoms with Gasteiger partial charge in [-0.15, -0.1) is 0 Å². The first-order chi connectivity index (χ1) is 9.27. The molecular formula is C17H33N2+. The van der Waals surface area contributed by atoms with Gasteiger partial charge in [-0.1, -0.05) is 52.4 Å². The number of unbranched alkanes of at least 4 members (excludes halogenated alkanes) is 6. The summed E-state index contributed by atoms with van der Waals surface area (Å²) < 4.78 is 4.59. The van der Waals surface area contributed by atoms with E-state index in [9.17, 15) is 0 Å². The molecule has 0 bridgehead atoms. The van der Waals surface area contributed by atoms with Gasteiger partial charge in [0, 0.05) is 0 Å².